The molecule has 0 saturated carbocycles. The van der Waals surface area contributed by atoms with Crippen LogP contribution in [0.4, 0.5) is 0 Å². The van der Waals surface area contributed by atoms with Crippen LogP contribution in [0.25, 0.3) is 0 Å². The highest BCUT2D eigenvalue weighted by Crippen LogP contribution is 2.38. The largest absolute Gasteiger partial charge is 0.497 e. The van der Waals surface area contributed by atoms with E-state index >= 15 is 0 Å². The predicted molar refractivity (Wildman–Crippen MR) is 79.2 cm³/mol. The molecule has 0 bridgehead atoms. The molecule has 1 unspecified atom stereocenters. The second-order valence-electron chi connectivity index (χ2n) is 5.61. The number of rotatable bonds is 4. The summed E-state index contributed by atoms with van der Waals surface area (Å²) < 4.78 is 10.7. The standard InChI is InChI=1S/C16H21N3O2/c1-3-5-14-18-15(19-21-14)16(17)9-4-6-11-7-8-12(20-2)10-13(11)16/h7-8,10H,3-6,9,17H2,1-2H3. The molecule has 1 heterocycles. The summed E-state index contributed by atoms with van der Waals surface area (Å²) in [6, 6.07) is 6.07. The van der Waals surface area contributed by atoms with Crippen molar-refractivity contribution in [1.29, 1.82) is 0 Å². The Balaban J connectivity index is 2.05. The average Bonchev–Trinajstić information content (AvgIpc) is 2.97. The SMILES string of the molecule is CCCc1nc(C2(N)CCCc3ccc(OC)cc32)no1. The molecule has 0 spiro atoms. The fourth-order valence-corrected chi connectivity index (χ4v) is 2.99. The number of hydrogen-bond donors (Lipinski definition) is 1. The Labute approximate surface area is 124 Å². The molecule has 0 saturated heterocycles. The molecule has 112 valence electrons. The summed E-state index contributed by atoms with van der Waals surface area (Å²) >= 11 is 0. The van der Waals surface area contributed by atoms with Gasteiger partial charge in [-0.05, 0) is 48.9 Å². The van der Waals surface area contributed by atoms with Crippen molar-refractivity contribution in [3.8, 4) is 5.75 Å². The van der Waals surface area contributed by atoms with Gasteiger partial charge in [0, 0.05) is 6.42 Å². The van der Waals surface area contributed by atoms with E-state index in [2.05, 4.69) is 23.1 Å². The Morgan fingerprint density at radius 2 is 2.29 bits per heavy atom. The maximum Gasteiger partial charge on any atom is 0.226 e. The Hall–Kier alpha value is -1.88. The zero-order valence-corrected chi connectivity index (χ0v) is 12.6. The van der Waals surface area contributed by atoms with Crippen molar-refractivity contribution in [2.45, 2.75) is 44.6 Å². The number of fused-ring (bicyclic) bond motifs is 1. The molecule has 1 atom stereocenters. The first-order valence-electron chi connectivity index (χ1n) is 7.46. The molecular formula is C16H21N3O2. The van der Waals surface area contributed by atoms with Gasteiger partial charge in [0.15, 0.2) is 5.82 Å². The highest BCUT2D eigenvalue weighted by molar-refractivity contribution is 5.45. The quantitative estimate of drug-likeness (QED) is 0.935. The molecule has 0 fully saturated rings. The number of aryl methyl sites for hydroxylation is 2. The van der Waals surface area contributed by atoms with Gasteiger partial charge >= 0.3 is 0 Å². The van der Waals surface area contributed by atoms with Gasteiger partial charge in [-0.2, -0.15) is 4.98 Å². The van der Waals surface area contributed by atoms with Gasteiger partial charge < -0.3 is 15.0 Å². The molecule has 0 aliphatic heterocycles. The van der Waals surface area contributed by atoms with Crippen LogP contribution < -0.4 is 10.5 Å². The third-order valence-electron chi connectivity index (χ3n) is 4.15. The van der Waals surface area contributed by atoms with Crippen LogP contribution >= 0.6 is 0 Å². The molecule has 0 amide bonds. The first-order valence-corrected chi connectivity index (χ1v) is 7.46. The minimum absolute atomic E-state index is 0.583. The smallest absolute Gasteiger partial charge is 0.226 e. The molecule has 0 radical (unpaired) electrons. The van der Waals surface area contributed by atoms with E-state index in [0.29, 0.717) is 11.7 Å². The lowest BCUT2D eigenvalue weighted by atomic mass is 9.76. The number of hydrogen-bond acceptors (Lipinski definition) is 5. The van der Waals surface area contributed by atoms with Crippen molar-refractivity contribution in [2.24, 2.45) is 5.73 Å². The van der Waals surface area contributed by atoms with Crippen molar-refractivity contribution in [1.82, 2.24) is 10.1 Å². The summed E-state index contributed by atoms with van der Waals surface area (Å²) in [6.07, 6.45) is 4.63. The topological polar surface area (TPSA) is 74.2 Å². The number of nitrogens with zero attached hydrogens (tertiary/aromatic N) is 2. The minimum Gasteiger partial charge on any atom is -0.497 e. The minimum atomic E-state index is -0.683. The van der Waals surface area contributed by atoms with Crippen LogP contribution in [0.5, 0.6) is 5.75 Å². The van der Waals surface area contributed by atoms with Crippen molar-refractivity contribution in [2.75, 3.05) is 7.11 Å². The third kappa shape index (κ3) is 2.42. The van der Waals surface area contributed by atoms with Crippen LogP contribution in [0.3, 0.4) is 0 Å². The zero-order valence-electron chi connectivity index (χ0n) is 12.6. The van der Waals surface area contributed by atoms with Crippen molar-refractivity contribution < 1.29 is 9.26 Å². The maximum absolute atomic E-state index is 6.68. The fourth-order valence-electron chi connectivity index (χ4n) is 2.99. The van der Waals surface area contributed by atoms with Crippen LogP contribution in [0.2, 0.25) is 0 Å². The zero-order chi connectivity index (χ0) is 14.9. The average molecular weight is 287 g/mol. The lowest BCUT2D eigenvalue weighted by Crippen LogP contribution is -2.42. The first kappa shape index (κ1) is 14.1. The van der Waals surface area contributed by atoms with Gasteiger partial charge in [0.2, 0.25) is 5.89 Å². The van der Waals surface area contributed by atoms with E-state index in [4.69, 9.17) is 15.0 Å². The lowest BCUT2D eigenvalue weighted by Gasteiger charge is -2.33. The Kier molecular flexibility index (Phi) is 3.68. The summed E-state index contributed by atoms with van der Waals surface area (Å²) in [5.74, 6) is 2.05. The summed E-state index contributed by atoms with van der Waals surface area (Å²) in [7, 11) is 1.66. The molecule has 5 nitrogen and oxygen atoms in total. The monoisotopic (exact) mass is 287 g/mol. The van der Waals surface area contributed by atoms with Crippen molar-refractivity contribution in [3.63, 3.8) is 0 Å². The lowest BCUT2D eigenvalue weighted by molar-refractivity contribution is 0.347. The Morgan fingerprint density at radius 3 is 3.05 bits per heavy atom. The van der Waals surface area contributed by atoms with Gasteiger partial charge in [-0.15, -0.1) is 0 Å². The Morgan fingerprint density at radius 1 is 1.43 bits per heavy atom. The fraction of sp³-hybridized carbons (Fsp3) is 0.500. The van der Waals surface area contributed by atoms with Gasteiger partial charge in [-0.3, -0.25) is 0 Å². The highest BCUT2D eigenvalue weighted by atomic mass is 16.5. The molecule has 1 aliphatic rings. The van der Waals surface area contributed by atoms with E-state index in [9.17, 15) is 0 Å². The number of methoxy groups -OCH3 is 1. The van der Waals surface area contributed by atoms with E-state index in [1.165, 1.54) is 5.56 Å². The normalized spacial score (nSPS) is 21.1. The molecule has 5 heteroatoms. The summed E-state index contributed by atoms with van der Waals surface area (Å²) in [5, 5.41) is 4.13. The highest BCUT2D eigenvalue weighted by Gasteiger charge is 2.39. The molecule has 3 rings (SSSR count). The van der Waals surface area contributed by atoms with Crippen LogP contribution in [0, 0.1) is 0 Å². The molecular weight excluding hydrogens is 266 g/mol. The van der Waals surface area contributed by atoms with Crippen LogP contribution in [-0.4, -0.2) is 17.3 Å². The number of nitrogens with two attached hydrogens (primary N) is 1. The molecule has 1 aromatic carbocycles. The first-order chi connectivity index (χ1) is 10.2. The van der Waals surface area contributed by atoms with Crippen molar-refractivity contribution in [3.05, 3.63) is 41.0 Å². The molecule has 2 N–H and O–H groups in total. The third-order valence-corrected chi connectivity index (χ3v) is 4.15. The summed E-state index contributed by atoms with van der Waals surface area (Å²) in [5.41, 5.74) is 8.30. The van der Waals surface area contributed by atoms with E-state index in [-0.39, 0.29) is 0 Å². The van der Waals surface area contributed by atoms with E-state index in [1.54, 1.807) is 7.11 Å². The van der Waals surface area contributed by atoms with Crippen LogP contribution in [0.1, 0.15) is 49.0 Å². The van der Waals surface area contributed by atoms with Gasteiger partial charge in [-0.1, -0.05) is 18.1 Å². The molecule has 1 aliphatic carbocycles. The summed E-state index contributed by atoms with van der Waals surface area (Å²) in [6.45, 7) is 2.09. The number of benzene rings is 1. The number of ether oxygens (including phenoxy) is 1. The molecule has 21 heavy (non-hydrogen) atoms. The predicted octanol–water partition coefficient (Wildman–Crippen LogP) is 2.57. The van der Waals surface area contributed by atoms with E-state index < -0.39 is 5.54 Å². The molecule has 2 aromatic rings. The van der Waals surface area contributed by atoms with Gasteiger partial charge in [0.1, 0.15) is 11.3 Å². The number of aromatic nitrogens is 2. The second-order valence-corrected chi connectivity index (χ2v) is 5.61. The summed E-state index contributed by atoms with van der Waals surface area (Å²) in [4.78, 5) is 4.51. The maximum atomic E-state index is 6.68. The van der Waals surface area contributed by atoms with Crippen LogP contribution in [-0.2, 0) is 18.4 Å². The second kappa shape index (κ2) is 5.48. The van der Waals surface area contributed by atoms with Crippen molar-refractivity contribution >= 4 is 0 Å². The van der Waals surface area contributed by atoms with Gasteiger partial charge in [-0.25, -0.2) is 0 Å². The Bertz CT molecular complexity index is 638. The van der Waals surface area contributed by atoms with Gasteiger partial charge in [0.05, 0.1) is 7.11 Å². The van der Waals surface area contributed by atoms with Crippen LogP contribution in [0.15, 0.2) is 22.7 Å². The van der Waals surface area contributed by atoms with Gasteiger partial charge in [0.25, 0.3) is 0 Å². The van der Waals surface area contributed by atoms with E-state index in [0.717, 1.165) is 43.4 Å². The molecule has 1 aromatic heterocycles. The van der Waals surface area contributed by atoms with E-state index in [1.807, 2.05) is 12.1 Å².